The van der Waals surface area contributed by atoms with E-state index in [1.165, 1.54) is 23.5 Å². The predicted octanol–water partition coefficient (Wildman–Crippen LogP) is 3.21. The fourth-order valence-corrected chi connectivity index (χ4v) is 4.32. The summed E-state index contributed by atoms with van der Waals surface area (Å²) in [7, 11) is 0. The number of nitrogens with one attached hydrogen (secondary N) is 1. The lowest BCUT2D eigenvalue weighted by Crippen LogP contribution is -2.35. The Morgan fingerprint density at radius 1 is 1.23 bits per heavy atom. The SMILES string of the molecule is Cc1c(C(=O)N2CCc3nc(NC(=O)c4ccccn4)sc3C2)cccc1[N+](=O)[O-]. The van der Waals surface area contributed by atoms with E-state index in [9.17, 15) is 19.7 Å². The Labute approximate surface area is 175 Å². The van der Waals surface area contributed by atoms with Crippen LogP contribution in [0.25, 0.3) is 0 Å². The molecule has 9 nitrogen and oxygen atoms in total. The standard InChI is InChI=1S/C20H17N5O4S/c1-12-13(5-4-7-16(12)25(28)29)19(27)24-10-8-14-17(11-24)30-20(22-14)23-18(26)15-6-2-3-9-21-15/h2-7,9H,8,10-11H2,1H3,(H,22,23,26). The fraction of sp³-hybridized carbons (Fsp3) is 0.200. The average molecular weight is 423 g/mol. The molecule has 0 spiro atoms. The minimum atomic E-state index is -0.486. The quantitative estimate of drug-likeness (QED) is 0.508. The molecule has 1 aliphatic rings. The molecule has 0 radical (unpaired) electrons. The van der Waals surface area contributed by atoms with Gasteiger partial charge in [0.15, 0.2) is 5.13 Å². The molecule has 3 heterocycles. The molecule has 0 saturated carbocycles. The van der Waals surface area contributed by atoms with Gasteiger partial charge < -0.3 is 4.90 Å². The van der Waals surface area contributed by atoms with Crippen LogP contribution in [0.5, 0.6) is 0 Å². The van der Waals surface area contributed by atoms with Gasteiger partial charge in [0, 0.05) is 41.2 Å². The van der Waals surface area contributed by atoms with Crippen molar-refractivity contribution in [1.29, 1.82) is 0 Å². The van der Waals surface area contributed by atoms with Crippen LogP contribution >= 0.6 is 11.3 Å². The number of carbonyl (C=O) groups excluding carboxylic acids is 2. The first-order valence-electron chi connectivity index (χ1n) is 9.18. The maximum atomic E-state index is 13.0. The minimum Gasteiger partial charge on any atom is -0.333 e. The maximum Gasteiger partial charge on any atom is 0.276 e. The maximum absolute atomic E-state index is 13.0. The molecular weight excluding hydrogens is 406 g/mol. The molecule has 1 aliphatic heterocycles. The van der Waals surface area contributed by atoms with Gasteiger partial charge in [0.25, 0.3) is 17.5 Å². The van der Waals surface area contributed by atoms with Crippen molar-refractivity contribution in [3.63, 3.8) is 0 Å². The third kappa shape index (κ3) is 3.77. The van der Waals surface area contributed by atoms with Crippen LogP contribution < -0.4 is 5.32 Å². The summed E-state index contributed by atoms with van der Waals surface area (Å²) in [4.78, 5) is 47.0. The molecule has 1 aromatic carbocycles. The van der Waals surface area contributed by atoms with Crippen LogP contribution in [0.2, 0.25) is 0 Å². The van der Waals surface area contributed by atoms with Crippen molar-refractivity contribution in [1.82, 2.24) is 14.9 Å². The topological polar surface area (TPSA) is 118 Å². The monoisotopic (exact) mass is 423 g/mol. The molecule has 152 valence electrons. The van der Waals surface area contributed by atoms with E-state index in [1.54, 1.807) is 42.3 Å². The Morgan fingerprint density at radius 2 is 2.07 bits per heavy atom. The van der Waals surface area contributed by atoms with Gasteiger partial charge in [0.1, 0.15) is 5.69 Å². The Hall–Kier alpha value is -3.66. The first-order valence-corrected chi connectivity index (χ1v) is 10.00. The minimum absolute atomic E-state index is 0.0733. The van der Waals surface area contributed by atoms with Crippen LogP contribution in [0.4, 0.5) is 10.8 Å². The summed E-state index contributed by atoms with van der Waals surface area (Å²) < 4.78 is 0. The zero-order valence-electron chi connectivity index (χ0n) is 16.0. The van der Waals surface area contributed by atoms with Crippen molar-refractivity contribution >= 4 is 34.0 Å². The first-order chi connectivity index (χ1) is 14.4. The summed E-state index contributed by atoms with van der Waals surface area (Å²) in [6, 6.07) is 9.59. The number of amides is 2. The van der Waals surface area contributed by atoms with Crippen LogP contribution in [-0.2, 0) is 13.0 Å². The zero-order chi connectivity index (χ0) is 21.3. The van der Waals surface area contributed by atoms with E-state index in [1.807, 2.05) is 0 Å². The summed E-state index contributed by atoms with van der Waals surface area (Å²) >= 11 is 1.31. The third-order valence-electron chi connectivity index (χ3n) is 4.87. The molecule has 0 bridgehead atoms. The van der Waals surface area contributed by atoms with Crippen molar-refractivity contribution in [2.24, 2.45) is 0 Å². The molecular formula is C20H17N5O4S. The van der Waals surface area contributed by atoms with E-state index in [2.05, 4.69) is 15.3 Å². The van der Waals surface area contributed by atoms with E-state index in [4.69, 9.17) is 0 Å². The van der Waals surface area contributed by atoms with E-state index in [0.29, 0.717) is 41.5 Å². The number of nitro benzene ring substituents is 1. The highest BCUT2D eigenvalue weighted by Crippen LogP contribution is 2.30. The van der Waals surface area contributed by atoms with Gasteiger partial charge in [0.2, 0.25) is 0 Å². The van der Waals surface area contributed by atoms with Gasteiger partial charge in [-0.3, -0.25) is 30.0 Å². The molecule has 10 heteroatoms. The largest absolute Gasteiger partial charge is 0.333 e. The predicted molar refractivity (Wildman–Crippen MR) is 111 cm³/mol. The Morgan fingerprint density at radius 3 is 2.80 bits per heavy atom. The summed E-state index contributed by atoms with van der Waals surface area (Å²) in [6.07, 6.45) is 2.09. The number of hydrogen-bond acceptors (Lipinski definition) is 7. The van der Waals surface area contributed by atoms with E-state index in [-0.39, 0.29) is 17.5 Å². The number of carbonyl (C=O) groups is 2. The molecule has 3 aromatic rings. The highest BCUT2D eigenvalue weighted by atomic mass is 32.1. The lowest BCUT2D eigenvalue weighted by Gasteiger charge is -2.26. The average Bonchev–Trinajstić information content (AvgIpc) is 3.15. The number of hydrogen-bond donors (Lipinski definition) is 1. The second-order valence-corrected chi connectivity index (χ2v) is 7.83. The van der Waals surface area contributed by atoms with Crippen LogP contribution in [0.15, 0.2) is 42.6 Å². The van der Waals surface area contributed by atoms with Gasteiger partial charge in [-0.05, 0) is 25.1 Å². The molecule has 2 aromatic heterocycles. The molecule has 1 N–H and O–H groups in total. The molecule has 0 atom stereocenters. The lowest BCUT2D eigenvalue weighted by atomic mass is 10.0. The van der Waals surface area contributed by atoms with Crippen molar-refractivity contribution in [3.05, 3.63) is 80.1 Å². The summed E-state index contributed by atoms with van der Waals surface area (Å²) in [6.45, 7) is 2.37. The highest BCUT2D eigenvalue weighted by molar-refractivity contribution is 7.15. The highest BCUT2D eigenvalue weighted by Gasteiger charge is 2.28. The fourth-order valence-electron chi connectivity index (χ4n) is 3.30. The first kappa shape index (κ1) is 19.6. The zero-order valence-corrected chi connectivity index (χ0v) is 16.8. The van der Waals surface area contributed by atoms with Gasteiger partial charge in [0.05, 0.1) is 17.2 Å². The summed E-state index contributed by atoms with van der Waals surface area (Å²) in [5.74, 6) is -0.601. The van der Waals surface area contributed by atoms with E-state index in [0.717, 1.165) is 10.6 Å². The number of rotatable bonds is 4. The van der Waals surface area contributed by atoms with Gasteiger partial charge in [-0.25, -0.2) is 4.98 Å². The molecule has 0 aliphatic carbocycles. The summed E-state index contributed by atoms with van der Waals surface area (Å²) in [5, 5.41) is 14.4. The van der Waals surface area contributed by atoms with Crippen molar-refractivity contribution in [3.8, 4) is 0 Å². The smallest absolute Gasteiger partial charge is 0.276 e. The van der Waals surface area contributed by atoms with Crippen LogP contribution in [0.3, 0.4) is 0 Å². The Balaban J connectivity index is 1.50. The number of fused-ring (bicyclic) bond motifs is 1. The van der Waals surface area contributed by atoms with Crippen LogP contribution in [0.1, 0.15) is 37.0 Å². The van der Waals surface area contributed by atoms with Gasteiger partial charge in [-0.2, -0.15) is 0 Å². The molecule has 4 rings (SSSR count). The van der Waals surface area contributed by atoms with E-state index < -0.39 is 4.92 Å². The number of benzene rings is 1. The van der Waals surface area contributed by atoms with Crippen molar-refractivity contribution in [2.45, 2.75) is 19.9 Å². The van der Waals surface area contributed by atoms with Crippen molar-refractivity contribution in [2.75, 3.05) is 11.9 Å². The van der Waals surface area contributed by atoms with Gasteiger partial charge >= 0.3 is 0 Å². The number of nitrogens with zero attached hydrogens (tertiary/aromatic N) is 4. The van der Waals surface area contributed by atoms with Crippen molar-refractivity contribution < 1.29 is 14.5 Å². The lowest BCUT2D eigenvalue weighted by molar-refractivity contribution is -0.385. The second-order valence-electron chi connectivity index (χ2n) is 6.74. The number of thiazole rings is 1. The van der Waals surface area contributed by atoms with Crippen LogP contribution in [-0.4, -0.2) is 38.2 Å². The van der Waals surface area contributed by atoms with Gasteiger partial charge in [-0.1, -0.05) is 23.5 Å². The molecule has 30 heavy (non-hydrogen) atoms. The molecule has 0 fully saturated rings. The number of pyridine rings is 1. The molecule has 0 unspecified atom stereocenters. The molecule has 2 amide bonds. The Bertz CT molecular complexity index is 1150. The number of aromatic nitrogens is 2. The molecule has 0 saturated heterocycles. The Kier molecular flexibility index (Phi) is 5.23. The summed E-state index contributed by atoms with van der Waals surface area (Å²) in [5.41, 5.74) is 1.74. The second kappa shape index (κ2) is 7.99. The van der Waals surface area contributed by atoms with Gasteiger partial charge in [-0.15, -0.1) is 0 Å². The normalized spacial score (nSPS) is 12.9. The van der Waals surface area contributed by atoms with E-state index >= 15 is 0 Å². The number of nitro groups is 1. The van der Waals surface area contributed by atoms with Crippen LogP contribution in [0, 0.1) is 17.0 Å². The third-order valence-corrected chi connectivity index (χ3v) is 5.87. The number of anilines is 1.